The van der Waals surface area contributed by atoms with Crippen LogP contribution in [0.25, 0.3) is 0 Å². The first-order valence-corrected chi connectivity index (χ1v) is 12.2. The highest BCUT2D eigenvalue weighted by atomic mass is 35.5. The molecule has 33 heavy (non-hydrogen) atoms. The molecule has 10 heteroatoms. The summed E-state index contributed by atoms with van der Waals surface area (Å²) < 4.78 is 1.85. The standard InChI is InChI=1S/C23H23Cl2N5O2S/c1-14-16(24)9-5-10-18(14)26-20(31)13-33-23-28-27-21(29(23)2)19-11-6-12-30(19)22(32)15-7-3-4-8-17(15)25/h3-5,7-10,19H,6,11-13H2,1-2H3,(H,26,31). The van der Waals surface area contributed by atoms with Crippen molar-refractivity contribution >= 4 is 52.5 Å². The molecule has 172 valence electrons. The fourth-order valence-electron chi connectivity index (χ4n) is 3.87. The highest BCUT2D eigenvalue weighted by Crippen LogP contribution is 2.34. The number of thioether (sulfide) groups is 1. The SMILES string of the molecule is Cc1c(Cl)cccc1NC(=O)CSc1nnc(C2CCCN2C(=O)c2ccccc2Cl)n1C. The lowest BCUT2D eigenvalue weighted by Crippen LogP contribution is -2.32. The summed E-state index contributed by atoms with van der Waals surface area (Å²) in [5, 5.41) is 13.1. The molecule has 4 rings (SSSR count). The van der Waals surface area contributed by atoms with E-state index in [0.29, 0.717) is 38.8 Å². The summed E-state index contributed by atoms with van der Waals surface area (Å²) >= 11 is 13.7. The Morgan fingerprint density at radius 2 is 1.88 bits per heavy atom. The number of amides is 2. The summed E-state index contributed by atoms with van der Waals surface area (Å²) in [6, 6.07) is 12.3. The summed E-state index contributed by atoms with van der Waals surface area (Å²) in [7, 11) is 1.85. The summed E-state index contributed by atoms with van der Waals surface area (Å²) in [5.41, 5.74) is 1.99. The van der Waals surface area contributed by atoms with Crippen molar-refractivity contribution in [3.63, 3.8) is 0 Å². The fourth-order valence-corrected chi connectivity index (χ4v) is 4.98. The Morgan fingerprint density at radius 3 is 2.67 bits per heavy atom. The van der Waals surface area contributed by atoms with Crippen molar-refractivity contribution in [2.75, 3.05) is 17.6 Å². The van der Waals surface area contributed by atoms with Gasteiger partial charge in [-0.2, -0.15) is 0 Å². The zero-order valence-corrected chi connectivity index (χ0v) is 20.5. The smallest absolute Gasteiger partial charge is 0.255 e. The molecular formula is C23H23Cl2N5O2S. The number of halogens is 2. The number of hydrogen-bond donors (Lipinski definition) is 1. The lowest BCUT2D eigenvalue weighted by atomic mass is 10.1. The first-order valence-electron chi connectivity index (χ1n) is 10.5. The summed E-state index contributed by atoms with van der Waals surface area (Å²) in [6.45, 7) is 2.49. The lowest BCUT2D eigenvalue weighted by Gasteiger charge is -2.24. The molecule has 2 heterocycles. The molecule has 1 aromatic heterocycles. The van der Waals surface area contributed by atoms with Gasteiger partial charge in [-0.3, -0.25) is 9.59 Å². The van der Waals surface area contributed by atoms with E-state index in [-0.39, 0.29) is 23.6 Å². The van der Waals surface area contributed by atoms with Crippen LogP contribution in [0, 0.1) is 6.92 Å². The minimum Gasteiger partial charge on any atom is -0.328 e. The molecule has 2 aromatic carbocycles. The number of benzene rings is 2. The normalized spacial score (nSPS) is 15.6. The van der Waals surface area contributed by atoms with E-state index in [1.807, 2.05) is 24.6 Å². The minimum atomic E-state index is -0.191. The van der Waals surface area contributed by atoms with Crippen LogP contribution >= 0.6 is 35.0 Å². The largest absolute Gasteiger partial charge is 0.328 e. The second-order valence-corrected chi connectivity index (χ2v) is 9.54. The molecule has 1 fully saturated rings. The molecule has 0 aliphatic carbocycles. The molecule has 0 bridgehead atoms. The van der Waals surface area contributed by atoms with Crippen LogP contribution in [0.2, 0.25) is 10.0 Å². The molecule has 0 spiro atoms. The first kappa shape index (κ1) is 23.6. The van der Waals surface area contributed by atoms with E-state index in [1.54, 1.807) is 41.3 Å². The van der Waals surface area contributed by atoms with Crippen molar-refractivity contribution in [1.29, 1.82) is 0 Å². The number of rotatable bonds is 6. The van der Waals surface area contributed by atoms with Gasteiger partial charge in [-0.25, -0.2) is 0 Å². The molecule has 3 aromatic rings. The van der Waals surface area contributed by atoms with Gasteiger partial charge in [0.1, 0.15) is 0 Å². The summed E-state index contributed by atoms with van der Waals surface area (Å²) in [6.07, 6.45) is 1.67. The molecule has 1 unspecified atom stereocenters. The fraction of sp³-hybridized carbons (Fsp3) is 0.304. The molecule has 2 amide bonds. The number of hydrogen-bond acceptors (Lipinski definition) is 5. The molecule has 1 aliphatic rings. The number of nitrogens with zero attached hydrogens (tertiary/aromatic N) is 4. The quantitative estimate of drug-likeness (QED) is 0.471. The Kier molecular flexibility index (Phi) is 7.26. The van der Waals surface area contributed by atoms with Crippen LogP contribution in [0.5, 0.6) is 0 Å². The Labute approximate surface area is 206 Å². The van der Waals surface area contributed by atoms with Crippen LogP contribution in [0.1, 0.15) is 40.6 Å². The number of aromatic nitrogens is 3. The summed E-state index contributed by atoms with van der Waals surface area (Å²) in [5.74, 6) is 0.592. The average molecular weight is 504 g/mol. The van der Waals surface area contributed by atoms with Crippen molar-refractivity contribution < 1.29 is 9.59 Å². The molecule has 1 atom stereocenters. The molecule has 1 saturated heterocycles. The van der Waals surface area contributed by atoms with E-state index in [9.17, 15) is 9.59 Å². The molecule has 7 nitrogen and oxygen atoms in total. The van der Waals surface area contributed by atoms with Crippen molar-refractivity contribution in [1.82, 2.24) is 19.7 Å². The van der Waals surface area contributed by atoms with Crippen LogP contribution in [0.15, 0.2) is 47.6 Å². The van der Waals surface area contributed by atoms with E-state index in [0.717, 1.165) is 18.4 Å². The maximum absolute atomic E-state index is 13.1. The van der Waals surface area contributed by atoms with E-state index < -0.39 is 0 Å². The van der Waals surface area contributed by atoms with Crippen molar-refractivity contribution in [2.45, 2.75) is 31.0 Å². The Bertz CT molecular complexity index is 1200. The van der Waals surface area contributed by atoms with E-state index in [1.165, 1.54) is 11.8 Å². The molecular weight excluding hydrogens is 481 g/mol. The van der Waals surface area contributed by atoms with E-state index in [2.05, 4.69) is 15.5 Å². The Balaban J connectivity index is 1.44. The van der Waals surface area contributed by atoms with E-state index in [4.69, 9.17) is 23.2 Å². The van der Waals surface area contributed by atoms with Gasteiger partial charge in [0, 0.05) is 24.3 Å². The minimum absolute atomic E-state index is 0.114. The van der Waals surface area contributed by atoms with Gasteiger partial charge in [0.25, 0.3) is 5.91 Å². The second kappa shape index (κ2) is 10.2. The van der Waals surface area contributed by atoms with Crippen LogP contribution in [0.3, 0.4) is 0 Å². The predicted molar refractivity (Wildman–Crippen MR) is 131 cm³/mol. The average Bonchev–Trinajstić information content (AvgIpc) is 3.42. The maximum Gasteiger partial charge on any atom is 0.255 e. The number of nitrogens with one attached hydrogen (secondary N) is 1. The van der Waals surface area contributed by atoms with E-state index >= 15 is 0 Å². The Morgan fingerprint density at radius 1 is 1.12 bits per heavy atom. The topological polar surface area (TPSA) is 80.1 Å². The molecule has 1 N–H and O–H groups in total. The second-order valence-electron chi connectivity index (χ2n) is 7.79. The van der Waals surface area contributed by atoms with Crippen molar-refractivity contribution in [3.8, 4) is 0 Å². The zero-order valence-electron chi connectivity index (χ0n) is 18.2. The highest BCUT2D eigenvalue weighted by Gasteiger charge is 2.34. The van der Waals surface area contributed by atoms with Gasteiger partial charge in [-0.1, -0.05) is 53.2 Å². The molecule has 1 aliphatic heterocycles. The van der Waals surface area contributed by atoms with Gasteiger partial charge < -0.3 is 14.8 Å². The number of carbonyl (C=O) groups excluding carboxylic acids is 2. The van der Waals surface area contributed by atoms with Gasteiger partial charge in [0.2, 0.25) is 5.91 Å². The monoisotopic (exact) mass is 503 g/mol. The third-order valence-electron chi connectivity index (χ3n) is 5.66. The first-order chi connectivity index (χ1) is 15.9. The molecule has 0 saturated carbocycles. The third kappa shape index (κ3) is 5.03. The number of likely N-dealkylation sites (tertiary alicyclic amines) is 1. The third-order valence-corrected chi connectivity index (χ3v) is 7.42. The summed E-state index contributed by atoms with van der Waals surface area (Å²) in [4.78, 5) is 27.4. The van der Waals surface area contributed by atoms with Gasteiger partial charge in [0.15, 0.2) is 11.0 Å². The van der Waals surface area contributed by atoms with Crippen LogP contribution in [0.4, 0.5) is 5.69 Å². The van der Waals surface area contributed by atoms with Gasteiger partial charge in [0.05, 0.1) is 22.4 Å². The van der Waals surface area contributed by atoms with Crippen LogP contribution < -0.4 is 5.32 Å². The number of carbonyl (C=O) groups is 2. The van der Waals surface area contributed by atoms with Gasteiger partial charge in [-0.05, 0) is 49.6 Å². The highest BCUT2D eigenvalue weighted by molar-refractivity contribution is 7.99. The number of anilines is 1. The zero-order chi connectivity index (χ0) is 23.5. The van der Waals surface area contributed by atoms with Crippen molar-refractivity contribution in [2.24, 2.45) is 7.05 Å². The maximum atomic E-state index is 13.1. The van der Waals surface area contributed by atoms with Crippen molar-refractivity contribution in [3.05, 3.63) is 69.5 Å². The van der Waals surface area contributed by atoms with Crippen LogP contribution in [-0.2, 0) is 11.8 Å². The van der Waals surface area contributed by atoms with Crippen LogP contribution in [-0.4, -0.2) is 43.8 Å². The van der Waals surface area contributed by atoms with Gasteiger partial charge in [-0.15, -0.1) is 10.2 Å². The predicted octanol–water partition coefficient (Wildman–Crippen LogP) is 5.14. The Hall–Kier alpha value is -2.55. The molecule has 0 radical (unpaired) electrons. The lowest BCUT2D eigenvalue weighted by molar-refractivity contribution is -0.113. The van der Waals surface area contributed by atoms with Gasteiger partial charge >= 0.3 is 0 Å².